The van der Waals surface area contributed by atoms with E-state index in [2.05, 4.69) is 14.5 Å². The van der Waals surface area contributed by atoms with Crippen LogP contribution >= 0.6 is 11.6 Å². The van der Waals surface area contributed by atoms with Crippen molar-refractivity contribution >= 4 is 29.2 Å². The third kappa shape index (κ3) is 2.63. The summed E-state index contributed by atoms with van der Waals surface area (Å²) >= 11 is 6.08. The molecule has 1 fully saturated rings. The molecule has 3 aromatic heterocycles. The maximum Gasteiger partial charge on any atom is 0.209 e. The van der Waals surface area contributed by atoms with Gasteiger partial charge in [-0.1, -0.05) is 17.7 Å². The van der Waals surface area contributed by atoms with Gasteiger partial charge in [-0.2, -0.15) is 0 Å². The Kier molecular flexibility index (Phi) is 3.90. The first-order chi connectivity index (χ1) is 11.8. The standard InChI is InChI=1S/C17H16ClN5O/c18-12-9-15-16(20-10-12)23(13-4-7-22(11-24)8-5-13)17(21-15)14-3-1-2-6-19-14/h1-3,6,9-11,13H,4-5,7-8H2. The van der Waals surface area contributed by atoms with Crippen molar-refractivity contribution in [2.75, 3.05) is 13.1 Å². The van der Waals surface area contributed by atoms with Crippen LogP contribution in [-0.2, 0) is 4.79 Å². The van der Waals surface area contributed by atoms with Gasteiger partial charge in [0.1, 0.15) is 11.2 Å². The molecule has 122 valence electrons. The van der Waals surface area contributed by atoms with E-state index in [1.54, 1.807) is 17.3 Å². The Morgan fingerprint density at radius 1 is 1.21 bits per heavy atom. The first kappa shape index (κ1) is 15.1. The molecule has 0 atom stereocenters. The molecule has 4 heterocycles. The van der Waals surface area contributed by atoms with E-state index in [0.717, 1.165) is 55.0 Å². The zero-order valence-corrected chi connectivity index (χ0v) is 13.7. The lowest BCUT2D eigenvalue weighted by molar-refractivity contribution is -0.119. The van der Waals surface area contributed by atoms with Crippen LogP contribution in [0.25, 0.3) is 22.7 Å². The summed E-state index contributed by atoms with van der Waals surface area (Å²) in [5.74, 6) is 0.796. The average Bonchev–Trinajstić information content (AvgIpc) is 3.01. The fraction of sp³-hybridized carbons (Fsp3) is 0.294. The smallest absolute Gasteiger partial charge is 0.209 e. The van der Waals surface area contributed by atoms with Gasteiger partial charge in [-0.25, -0.2) is 9.97 Å². The summed E-state index contributed by atoms with van der Waals surface area (Å²) < 4.78 is 2.15. The normalized spacial score (nSPS) is 15.8. The molecule has 0 aromatic carbocycles. The second-order valence-corrected chi connectivity index (χ2v) is 6.33. The maximum atomic E-state index is 11.0. The monoisotopic (exact) mass is 341 g/mol. The lowest BCUT2D eigenvalue weighted by atomic mass is 10.0. The zero-order valence-electron chi connectivity index (χ0n) is 13.0. The molecule has 24 heavy (non-hydrogen) atoms. The molecule has 0 aliphatic carbocycles. The molecule has 0 radical (unpaired) electrons. The fourth-order valence-corrected chi connectivity index (χ4v) is 3.38. The fourth-order valence-electron chi connectivity index (χ4n) is 3.23. The maximum absolute atomic E-state index is 11.0. The number of nitrogens with zero attached hydrogens (tertiary/aromatic N) is 5. The van der Waals surface area contributed by atoms with Crippen molar-refractivity contribution in [1.82, 2.24) is 24.4 Å². The molecule has 0 spiro atoms. The number of imidazole rings is 1. The van der Waals surface area contributed by atoms with Crippen LogP contribution in [0.15, 0.2) is 36.7 Å². The van der Waals surface area contributed by atoms with E-state index in [9.17, 15) is 4.79 Å². The number of hydrogen-bond donors (Lipinski definition) is 0. The molecule has 1 amide bonds. The molecular formula is C17H16ClN5O. The summed E-state index contributed by atoms with van der Waals surface area (Å²) in [5, 5.41) is 0.565. The zero-order chi connectivity index (χ0) is 16.5. The van der Waals surface area contributed by atoms with E-state index in [0.29, 0.717) is 5.02 Å². The summed E-state index contributed by atoms with van der Waals surface area (Å²) in [6.07, 6.45) is 6.06. The molecule has 1 aliphatic rings. The van der Waals surface area contributed by atoms with Crippen LogP contribution in [-0.4, -0.2) is 43.9 Å². The highest BCUT2D eigenvalue weighted by Gasteiger charge is 2.25. The summed E-state index contributed by atoms with van der Waals surface area (Å²) in [6, 6.07) is 7.83. The van der Waals surface area contributed by atoms with E-state index >= 15 is 0 Å². The Labute approximate surface area is 144 Å². The number of fused-ring (bicyclic) bond motifs is 1. The van der Waals surface area contributed by atoms with Gasteiger partial charge in [0.2, 0.25) is 6.41 Å². The van der Waals surface area contributed by atoms with E-state index in [4.69, 9.17) is 16.6 Å². The predicted molar refractivity (Wildman–Crippen MR) is 91.7 cm³/mol. The Morgan fingerprint density at radius 2 is 2.04 bits per heavy atom. The van der Waals surface area contributed by atoms with Crippen molar-refractivity contribution < 1.29 is 4.79 Å². The molecule has 6 nitrogen and oxygen atoms in total. The van der Waals surface area contributed by atoms with Gasteiger partial charge in [-0.3, -0.25) is 9.78 Å². The predicted octanol–water partition coefficient (Wildman–Crippen LogP) is 2.94. The van der Waals surface area contributed by atoms with Gasteiger partial charge >= 0.3 is 0 Å². The molecule has 0 N–H and O–H groups in total. The van der Waals surface area contributed by atoms with Gasteiger partial charge in [-0.05, 0) is 31.0 Å². The average molecular weight is 342 g/mol. The molecule has 7 heteroatoms. The number of pyridine rings is 2. The number of hydrogen-bond acceptors (Lipinski definition) is 4. The van der Waals surface area contributed by atoms with Crippen LogP contribution in [0.2, 0.25) is 5.02 Å². The van der Waals surface area contributed by atoms with Crippen molar-refractivity contribution in [3.63, 3.8) is 0 Å². The molecule has 4 rings (SSSR count). The van der Waals surface area contributed by atoms with Crippen LogP contribution in [0, 0.1) is 0 Å². The van der Waals surface area contributed by atoms with Crippen LogP contribution in [0.4, 0.5) is 0 Å². The lowest BCUT2D eigenvalue weighted by Gasteiger charge is -2.30. The number of likely N-dealkylation sites (tertiary alicyclic amines) is 1. The van der Waals surface area contributed by atoms with Crippen LogP contribution in [0.5, 0.6) is 0 Å². The van der Waals surface area contributed by atoms with Crippen molar-refractivity contribution in [2.24, 2.45) is 0 Å². The number of halogens is 1. The Bertz CT molecular complexity index is 871. The Morgan fingerprint density at radius 3 is 2.75 bits per heavy atom. The minimum atomic E-state index is 0.233. The second kappa shape index (κ2) is 6.20. The molecule has 1 saturated heterocycles. The van der Waals surface area contributed by atoms with Gasteiger partial charge in [-0.15, -0.1) is 0 Å². The summed E-state index contributed by atoms with van der Waals surface area (Å²) in [6.45, 7) is 1.48. The number of piperidine rings is 1. The topological polar surface area (TPSA) is 63.9 Å². The number of carbonyl (C=O) groups is 1. The summed E-state index contributed by atoms with van der Waals surface area (Å²) in [5.41, 5.74) is 2.38. The SMILES string of the molecule is O=CN1CCC(n2c(-c3ccccn3)nc3cc(Cl)cnc32)CC1. The van der Waals surface area contributed by atoms with Crippen molar-refractivity contribution in [2.45, 2.75) is 18.9 Å². The third-order valence-electron chi connectivity index (χ3n) is 4.40. The Balaban J connectivity index is 1.84. The van der Waals surface area contributed by atoms with Crippen molar-refractivity contribution in [3.05, 3.63) is 41.7 Å². The van der Waals surface area contributed by atoms with E-state index in [-0.39, 0.29) is 6.04 Å². The first-order valence-corrected chi connectivity index (χ1v) is 8.28. The molecule has 0 unspecified atom stereocenters. The highest BCUT2D eigenvalue weighted by Crippen LogP contribution is 2.32. The van der Waals surface area contributed by atoms with Gasteiger partial charge in [0, 0.05) is 31.5 Å². The van der Waals surface area contributed by atoms with E-state index in [1.807, 2.05) is 24.3 Å². The van der Waals surface area contributed by atoms with E-state index in [1.165, 1.54) is 0 Å². The molecule has 0 bridgehead atoms. The van der Waals surface area contributed by atoms with Gasteiger partial charge in [0.15, 0.2) is 11.5 Å². The number of aromatic nitrogens is 4. The van der Waals surface area contributed by atoms with Gasteiger partial charge in [0.25, 0.3) is 0 Å². The van der Waals surface area contributed by atoms with E-state index < -0.39 is 0 Å². The number of rotatable bonds is 3. The minimum Gasteiger partial charge on any atom is -0.345 e. The van der Waals surface area contributed by atoms with Crippen molar-refractivity contribution in [3.8, 4) is 11.5 Å². The second-order valence-electron chi connectivity index (χ2n) is 5.89. The van der Waals surface area contributed by atoms with Crippen LogP contribution < -0.4 is 0 Å². The number of carbonyl (C=O) groups excluding carboxylic acids is 1. The van der Waals surface area contributed by atoms with Gasteiger partial charge < -0.3 is 9.47 Å². The van der Waals surface area contributed by atoms with Crippen LogP contribution in [0.3, 0.4) is 0 Å². The van der Waals surface area contributed by atoms with Gasteiger partial charge in [0.05, 0.1) is 5.02 Å². The molecule has 0 saturated carbocycles. The molecule has 1 aliphatic heterocycles. The Hall–Kier alpha value is -2.47. The lowest BCUT2D eigenvalue weighted by Crippen LogP contribution is -2.33. The quantitative estimate of drug-likeness (QED) is 0.687. The largest absolute Gasteiger partial charge is 0.345 e. The summed E-state index contributed by atoms with van der Waals surface area (Å²) in [4.78, 5) is 26.4. The highest BCUT2D eigenvalue weighted by molar-refractivity contribution is 6.31. The molecule has 3 aromatic rings. The highest BCUT2D eigenvalue weighted by atomic mass is 35.5. The van der Waals surface area contributed by atoms with Crippen LogP contribution in [0.1, 0.15) is 18.9 Å². The first-order valence-electron chi connectivity index (χ1n) is 7.90. The summed E-state index contributed by atoms with van der Waals surface area (Å²) in [7, 11) is 0. The van der Waals surface area contributed by atoms with Crippen molar-refractivity contribution in [1.29, 1.82) is 0 Å². The molecular weight excluding hydrogens is 326 g/mol. The number of amides is 1. The third-order valence-corrected chi connectivity index (χ3v) is 4.61. The minimum absolute atomic E-state index is 0.233.